The van der Waals surface area contributed by atoms with E-state index in [1.54, 1.807) is 12.2 Å². The van der Waals surface area contributed by atoms with Crippen molar-refractivity contribution in [1.82, 2.24) is 9.88 Å². The molecule has 0 aliphatic heterocycles. The topological polar surface area (TPSA) is 148 Å². The zero-order valence-electron chi connectivity index (χ0n) is 54.6. The van der Waals surface area contributed by atoms with Gasteiger partial charge in [0, 0.05) is 59.9 Å². The number of amides is 1. The van der Waals surface area contributed by atoms with Crippen LogP contribution in [0.3, 0.4) is 0 Å². The molecule has 0 spiro atoms. The van der Waals surface area contributed by atoms with E-state index in [4.69, 9.17) is 23.7 Å². The molecule has 7 aliphatic rings. The highest BCUT2D eigenvalue weighted by atomic mass is 16.6. The van der Waals surface area contributed by atoms with Crippen molar-refractivity contribution in [2.24, 2.45) is 86.8 Å². The third-order valence-corrected chi connectivity index (χ3v) is 25.2. The van der Waals surface area contributed by atoms with Gasteiger partial charge in [-0.05, 0) is 265 Å². The van der Waals surface area contributed by atoms with Gasteiger partial charge in [0.05, 0.1) is 14.2 Å². The van der Waals surface area contributed by atoms with Gasteiger partial charge in [0.1, 0.15) is 17.8 Å². The fraction of sp³-hybridized carbons (Fsp3) is 0.716. The Kier molecular flexibility index (Phi) is 19.1. The second-order valence-electron chi connectivity index (χ2n) is 30.9. The smallest absolute Gasteiger partial charge is 0.407 e. The molecule has 7 fully saturated rings. The van der Waals surface area contributed by atoms with Crippen molar-refractivity contribution in [2.45, 2.75) is 228 Å². The molecule has 7 saturated carbocycles. The highest BCUT2D eigenvalue weighted by molar-refractivity contribution is 6.09. The lowest BCUT2D eigenvalue weighted by Crippen LogP contribution is -2.54. The van der Waals surface area contributed by atoms with Gasteiger partial charge in [-0.1, -0.05) is 72.7 Å². The lowest BCUT2D eigenvalue weighted by atomic mass is 9.44. The SMILES string of the molecule is COC(=O)CC[C@@H](C)C(C)C1(C)CCC2[C@@H](CC[C@@H]3C[C@H](OC(=O)/C=C/c4ccc5c6ccc(/C=C/C(=O)O[C@@H]7CCC8(C)C9CCC%10(C)C([C@H](C)CCC(=O)OC)CC[C@H]%10[C@@H]9CC[C@@H]8C7)cc6n(CCNC(=O)OC(C)(C)C)c5c4)CCC23C)C1. The van der Waals surface area contributed by atoms with E-state index >= 15 is 0 Å². The predicted molar refractivity (Wildman–Crippen MR) is 340 cm³/mol. The maximum Gasteiger partial charge on any atom is 0.407 e. The molecule has 12 heteroatoms. The van der Waals surface area contributed by atoms with E-state index in [9.17, 15) is 24.0 Å². The monoisotopic (exact) mass is 1180 g/mol. The molecule has 1 aromatic heterocycles. The first-order chi connectivity index (χ1) is 40.8. The second-order valence-corrected chi connectivity index (χ2v) is 30.9. The zero-order valence-corrected chi connectivity index (χ0v) is 54.6. The number of alkyl carbamates (subject to hydrolysis) is 1. The molecule has 2 aromatic carbocycles. The summed E-state index contributed by atoms with van der Waals surface area (Å²) in [6.07, 6.45) is 28.6. The van der Waals surface area contributed by atoms with E-state index in [0.717, 1.165) is 96.1 Å². The average molecular weight is 1180 g/mol. The summed E-state index contributed by atoms with van der Waals surface area (Å²) in [5, 5.41) is 5.04. The first-order valence-corrected chi connectivity index (χ1v) is 33.8. The fourth-order valence-electron chi connectivity index (χ4n) is 20.2. The molecule has 0 radical (unpaired) electrons. The van der Waals surface area contributed by atoms with Crippen LogP contribution < -0.4 is 5.32 Å². The van der Waals surface area contributed by atoms with E-state index in [-0.39, 0.29) is 52.3 Å². The molecule has 3 aromatic rings. The van der Waals surface area contributed by atoms with Crippen LogP contribution in [0.1, 0.15) is 215 Å². The summed E-state index contributed by atoms with van der Waals surface area (Å²) in [5.74, 6) is 6.10. The van der Waals surface area contributed by atoms with Gasteiger partial charge in [0.15, 0.2) is 0 Å². The van der Waals surface area contributed by atoms with Crippen LogP contribution in [0.5, 0.6) is 0 Å². The van der Waals surface area contributed by atoms with Crippen LogP contribution in [0.25, 0.3) is 34.0 Å². The quantitative estimate of drug-likeness (QED) is 0.0741. The number of esters is 4. The normalized spacial score (nSPS) is 34.4. The molecular weight excluding hydrogens is 1080 g/mol. The Labute approximate surface area is 514 Å². The van der Waals surface area contributed by atoms with Crippen LogP contribution in [0.2, 0.25) is 0 Å². The van der Waals surface area contributed by atoms with E-state index in [1.165, 1.54) is 84.8 Å². The highest BCUT2D eigenvalue weighted by Crippen LogP contribution is 2.69. The summed E-state index contributed by atoms with van der Waals surface area (Å²) in [6.45, 7) is 23.6. The first-order valence-electron chi connectivity index (χ1n) is 33.8. The number of carbonyl (C=O) groups excluding carboxylic acids is 5. The number of benzene rings is 2. The highest BCUT2D eigenvalue weighted by Gasteiger charge is 2.61. The molecule has 472 valence electrons. The number of hydrogen-bond acceptors (Lipinski definition) is 10. The van der Waals surface area contributed by atoms with Gasteiger partial charge in [-0.25, -0.2) is 14.4 Å². The Balaban J connectivity index is 0.761. The number of rotatable bonds is 18. The van der Waals surface area contributed by atoms with Crippen LogP contribution in [-0.2, 0) is 49.4 Å². The summed E-state index contributed by atoms with van der Waals surface area (Å²) in [7, 11) is 2.97. The van der Waals surface area contributed by atoms with Crippen LogP contribution in [0, 0.1) is 86.8 Å². The molecule has 10 rings (SSSR count). The van der Waals surface area contributed by atoms with Crippen molar-refractivity contribution in [3.05, 3.63) is 59.7 Å². The molecular formula is C74H106N2O10. The number of aromatic nitrogens is 1. The van der Waals surface area contributed by atoms with Crippen molar-refractivity contribution in [3.8, 4) is 0 Å². The molecule has 1 heterocycles. The van der Waals surface area contributed by atoms with E-state index in [0.29, 0.717) is 84.6 Å². The minimum Gasteiger partial charge on any atom is -0.469 e. The van der Waals surface area contributed by atoms with Crippen molar-refractivity contribution >= 4 is 63.9 Å². The summed E-state index contributed by atoms with van der Waals surface area (Å²) in [4.78, 5) is 64.1. The molecule has 17 atom stereocenters. The molecule has 7 aliphatic carbocycles. The van der Waals surface area contributed by atoms with Crippen molar-refractivity contribution < 1.29 is 47.7 Å². The lowest BCUT2D eigenvalue weighted by molar-refractivity contribution is -0.158. The van der Waals surface area contributed by atoms with Crippen molar-refractivity contribution in [2.75, 3.05) is 20.8 Å². The largest absolute Gasteiger partial charge is 0.469 e. The first kappa shape index (κ1) is 63.9. The number of fused-ring (bicyclic) bond motifs is 11. The summed E-state index contributed by atoms with van der Waals surface area (Å²) < 4.78 is 30.3. The summed E-state index contributed by atoms with van der Waals surface area (Å²) in [5.41, 5.74) is 4.18. The number of methoxy groups -OCH3 is 2. The average Bonchev–Trinajstić information content (AvgIpc) is 1.24. The minimum absolute atomic E-state index is 0.0875. The van der Waals surface area contributed by atoms with Crippen LogP contribution in [-0.4, -0.2) is 73.1 Å². The number of nitrogens with zero attached hydrogens (tertiary/aromatic N) is 1. The molecule has 0 bridgehead atoms. The Morgan fingerprint density at radius 3 is 1.76 bits per heavy atom. The lowest BCUT2D eigenvalue weighted by Gasteiger charge is -2.61. The third kappa shape index (κ3) is 13.3. The molecule has 1 N–H and O–H groups in total. The van der Waals surface area contributed by atoms with Gasteiger partial charge in [0.2, 0.25) is 0 Å². The number of carbonyl (C=O) groups is 5. The number of hydrogen-bond donors (Lipinski definition) is 1. The second kappa shape index (κ2) is 25.8. The Bertz CT molecular complexity index is 3020. The zero-order chi connectivity index (χ0) is 61.5. The minimum atomic E-state index is -0.629. The number of ether oxygens (including phenoxy) is 5. The molecule has 86 heavy (non-hydrogen) atoms. The van der Waals surface area contributed by atoms with E-state index in [2.05, 4.69) is 82.6 Å². The maximum absolute atomic E-state index is 13.7. The van der Waals surface area contributed by atoms with Gasteiger partial charge >= 0.3 is 30.0 Å². The van der Waals surface area contributed by atoms with Crippen molar-refractivity contribution in [3.63, 3.8) is 0 Å². The maximum atomic E-state index is 13.7. The third-order valence-electron chi connectivity index (χ3n) is 25.2. The van der Waals surface area contributed by atoms with Crippen LogP contribution in [0.15, 0.2) is 48.6 Å². The molecule has 8 unspecified atom stereocenters. The molecule has 12 nitrogen and oxygen atoms in total. The van der Waals surface area contributed by atoms with E-state index in [1.807, 2.05) is 45.1 Å². The van der Waals surface area contributed by atoms with Gasteiger partial charge in [-0.3, -0.25) is 9.59 Å². The summed E-state index contributed by atoms with van der Waals surface area (Å²) in [6, 6.07) is 12.5. The fourth-order valence-corrected chi connectivity index (χ4v) is 20.2. The predicted octanol–water partition coefficient (Wildman–Crippen LogP) is 16.7. The molecule has 0 saturated heterocycles. The summed E-state index contributed by atoms with van der Waals surface area (Å²) >= 11 is 0. The van der Waals surface area contributed by atoms with Crippen LogP contribution in [0.4, 0.5) is 4.79 Å². The Morgan fingerprint density at radius 1 is 0.640 bits per heavy atom. The van der Waals surface area contributed by atoms with Crippen LogP contribution >= 0.6 is 0 Å². The van der Waals surface area contributed by atoms with Gasteiger partial charge in [0.25, 0.3) is 0 Å². The van der Waals surface area contributed by atoms with Gasteiger partial charge in [-0.15, -0.1) is 0 Å². The Morgan fingerprint density at radius 2 is 1.17 bits per heavy atom. The van der Waals surface area contributed by atoms with Gasteiger partial charge < -0.3 is 33.6 Å². The Hall–Kier alpha value is -5.13. The van der Waals surface area contributed by atoms with E-state index < -0.39 is 11.7 Å². The van der Waals surface area contributed by atoms with Crippen molar-refractivity contribution in [1.29, 1.82) is 0 Å². The standard InChI is InChI=1S/C74H106N2O10/c1-46(13-27-65(77)82-11)48(3)71(7)35-33-60-51(45-71)19-20-52-43-54(31-36-72(52,60)8)84-67(79)29-17-49-15-22-56-57-23-16-50(42-64(57)76(63(56)41-49)40-39-75-69(81)86-70(4,5)6)18-30-68(80)85-55-32-37-73(9)53(44-55)21-24-58-61-26-25-59(47(2)14-28-66(78)83-12)74(61,10)38-34-62(58)73/h15-18,22-23,29-30,41-42,46-48,51-55,58-62H,13-14,19-21,24-28,31-40,43-45H2,1-12H3,(H,75,81)/b29-17+,30-18+/t46-,47-,48?,51+,52-,53-,54-,55-,58+,59?,60?,61+,62?,71?,72?,73?,74?/m1/s1. The van der Waals surface area contributed by atoms with Gasteiger partial charge in [-0.2, -0.15) is 0 Å². The number of nitrogens with one attached hydrogen (secondary N) is 1. The molecule has 1 amide bonds.